The maximum absolute atomic E-state index is 4.34. The molecule has 1 saturated heterocycles. The van der Waals surface area contributed by atoms with E-state index in [2.05, 4.69) is 32.2 Å². The molecule has 1 aliphatic rings. The van der Waals surface area contributed by atoms with Gasteiger partial charge in [0.2, 0.25) is 0 Å². The van der Waals surface area contributed by atoms with E-state index in [4.69, 9.17) is 0 Å². The van der Waals surface area contributed by atoms with Crippen molar-refractivity contribution in [3.8, 4) is 0 Å². The summed E-state index contributed by atoms with van der Waals surface area (Å²) >= 11 is 0. The van der Waals surface area contributed by atoms with Crippen molar-refractivity contribution in [2.75, 3.05) is 25.0 Å². The van der Waals surface area contributed by atoms with E-state index in [1.165, 1.54) is 32.3 Å². The minimum Gasteiger partial charge on any atom is -0.368 e. The van der Waals surface area contributed by atoms with Crippen molar-refractivity contribution >= 4 is 11.6 Å². The summed E-state index contributed by atoms with van der Waals surface area (Å²) in [5.41, 5.74) is 0.955. The summed E-state index contributed by atoms with van der Waals surface area (Å²) in [5.74, 6) is 1.61. The quantitative estimate of drug-likeness (QED) is 0.898. The molecular weight excluding hydrogens is 240 g/mol. The zero-order chi connectivity index (χ0) is 13.2. The maximum Gasteiger partial charge on any atom is 0.254 e. The molecule has 0 spiro atoms. The zero-order valence-corrected chi connectivity index (χ0v) is 11.5. The maximum atomic E-state index is 4.34. The highest BCUT2D eigenvalue weighted by molar-refractivity contribution is 5.44. The summed E-state index contributed by atoms with van der Waals surface area (Å²) in [6.45, 7) is 7.60. The number of nitrogens with one attached hydrogen (secondary N) is 1. The molecule has 19 heavy (non-hydrogen) atoms. The normalized spacial score (nSPS) is 18.0. The zero-order valence-electron chi connectivity index (χ0n) is 11.5. The Kier molecular flexibility index (Phi) is 3.33. The van der Waals surface area contributed by atoms with Crippen molar-refractivity contribution in [3.05, 3.63) is 18.1 Å². The Morgan fingerprint density at radius 2 is 2.16 bits per heavy atom. The van der Waals surface area contributed by atoms with Gasteiger partial charge in [-0.1, -0.05) is 0 Å². The van der Waals surface area contributed by atoms with Crippen LogP contribution in [0.3, 0.4) is 0 Å². The number of aromatic nitrogens is 4. The van der Waals surface area contributed by atoms with Gasteiger partial charge in [0.05, 0.1) is 0 Å². The lowest BCUT2D eigenvalue weighted by atomic mass is 10.3. The van der Waals surface area contributed by atoms with Crippen molar-refractivity contribution < 1.29 is 0 Å². The summed E-state index contributed by atoms with van der Waals surface area (Å²) in [6, 6.07) is 2.55. The molecule has 1 aliphatic heterocycles. The number of hydrogen-bond donors (Lipinski definition) is 1. The molecule has 3 heterocycles. The van der Waals surface area contributed by atoms with Gasteiger partial charge in [0.1, 0.15) is 12.1 Å². The number of fused-ring (bicyclic) bond motifs is 1. The van der Waals surface area contributed by atoms with Gasteiger partial charge in [-0.25, -0.2) is 4.98 Å². The minimum atomic E-state index is 0.537. The van der Waals surface area contributed by atoms with E-state index in [0.717, 1.165) is 18.1 Å². The predicted octanol–water partition coefficient (Wildman–Crippen LogP) is 1.33. The second-order valence-corrected chi connectivity index (χ2v) is 5.23. The van der Waals surface area contributed by atoms with Crippen molar-refractivity contribution in [1.82, 2.24) is 24.5 Å². The van der Waals surface area contributed by atoms with Crippen LogP contribution in [-0.2, 0) is 0 Å². The van der Waals surface area contributed by atoms with Gasteiger partial charge in [-0.2, -0.15) is 14.6 Å². The molecule has 102 valence electrons. The lowest BCUT2D eigenvalue weighted by Crippen LogP contribution is -2.35. The van der Waals surface area contributed by atoms with E-state index in [0.29, 0.717) is 11.8 Å². The molecule has 6 heteroatoms. The Balaban J connectivity index is 1.72. The van der Waals surface area contributed by atoms with Gasteiger partial charge in [-0.3, -0.25) is 4.90 Å². The highest BCUT2D eigenvalue weighted by Gasteiger charge is 2.18. The van der Waals surface area contributed by atoms with Crippen LogP contribution in [0, 0.1) is 6.92 Å². The number of likely N-dealkylation sites (tertiary alicyclic amines) is 1. The van der Waals surface area contributed by atoms with Crippen molar-refractivity contribution in [2.45, 2.75) is 32.7 Å². The highest BCUT2D eigenvalue weighted by Crippen LogP contribution is 2.14. The van der Waals surface area contributed by atoms with E-state index in [1.54, 1.807) is 4.52 Å². The first-order chi connectivity index (χ1) is 9.24. The molecule has 0 bridgehead atoms. The number of rotatable bonds is 4. The van der Waals surface area contributed by atoms with Crippen LogP contribution in [0.1, 0.15) is 25.5 Å². The third kappa shape index (κ3) is 2.53. The topological polar surface area (TPSA) is 58.4 Å². The second kappa shape index (κ2) is 5.13. The van der Waals surface area contributed by atoms with Crippen LogP contribution in [0.4, 0.5) is 5.82 Å². The average molecular weight is 260 g/mol. The standard InChI is InChI=1S/C13H20N6/c1-10-7-12(19-13(17-10)15-9-16-19)14-8-11(2)18-5-3-4-6-18/h7,9,11,14H,3-6,8H2,1-2H3. The summed E-state index contributed by atoms with van der Waals surface area (Å²) in [4.78, 5) is 11.0. The largest absolute Gasteiger partial charge is 0.368 e. The lowest BCUT2D eigenvalue weighted by molar-refractivity contribution is 0.269. The molecule has 6 nitrogen and oxygen atoms in total. The second-order valence-electron chi connectivity index (χ2n) is 5.23. The van der Waals surface area contributed by atoms with E-state index in [-0.39, 0.29) is 0 Å². The van der Waals surface area contributed by atoms with Crippen LogP contribution in [0.2, 0.25) is 0 Å². The average Bonchev–Trinajstić information content (AvgIpc) is 3.05. The first kappa shape index (κ1) is 12.3. The molecule has 0 aliphatic carbocycles. The summed E-state index contributed by atoms with van der Waals surface area (Å²) < 4.78 is 1.75. The van der Waals surface area contributed by atoms with Crippen LogP contribution in [0.5, 0.6) is 0 Å². The van der Waals surface area contributed by atoms with E-state index >= 15 is 0 Å². The van der Waals surface area contributed by atoms with Crippen LogP contribution in [-0.4, -0.2) is 50.2 Å². The van der Waals surface area contributed by atoms with E-state index < -0.39 is 0 Å². The van der Waals surface area contributed by atoms with E-state index in [1.807, 2.05) is 13.0 Å². The van der Waals surface area contributed by atoms with E-state index in [9.17, 15) is 0 Å². The van der Waals surface area contributed by atoms with Gasteiger partial charge in [0.25, 0.3) is 5.78 Å². The Hall–Kier alpha value is -1.69. The Morgan fingerprint density at radius 1 is 1.37 bits per heavy atom. The first-order valence-corrected chi connectivity index (χ1v) is 6.89. The van der Waals surface area contributed by atoms with Crippen molar-refractivity contribution in [1.29, 1.82) is 0 Å². The van der Waals surface area contributed by atoms with Crippen LogP contribution >= 0.6 is 0 Å². The molecule has 3 rings (SSSR count). The van der Waals surface area contributed by atoms with Crippen LogP contribution in [0.15, 0.2) is 12.4 Å². The monoisotopic (exact) mass is 260 g/mol. The Labute approximate surface area is 112 Å². The molecule has 0 aromatic carbocycles. The van der Waals surface area contributed by atoms with Crippen LogP contribution in [0.25, 0.3) is 5.78 Å². The number of nitrogens with zero attached hydrogens (tertiary/aromatic N) is 5. The molecule has 0 radical (unpaired) electrons. The van der Waals surface area contributed by atoms with Gasteiger partial charge in [0.15, 0.2) is 0 Å². The van der Waals surface area contributed by atoms with Gasteiger partial charge >= 0.3 is 0 Å². The SMILES string of the molecule is Cc1cc(NCC(C)N2CCCC2)n2ncnc2n1. The number of anilines is 1. The van der Waals surface area contributed by atoms with Crippen molar-refractivity contribution in [3.63, 3.8) is 0 Å². The predicted molar refractivity (Wildman–Crippen MR) is 74.3 cm³/mol. The Morgan fingerprint density at radius 3 is 2.95 bits per heavy atom. The summed E-state index contributed by atoms with van der Waals surface area (Å²) in [7, 11) is 0. The van der Waals surface area contributed by atoms with Gasteiger partial charge in [-0.05, 0) is 39.8 Å². The Bertz CT molecular complexity index is 557. The molecule has 1 N–H and O–H groups in total. The van der Waals surface area contributed by atoms with Gasteiger partial charge in [0, 0.05) is 24.3 Å². The number of hydrogen-bond acceptors (Lipinski definition) is 5. The third-order valence-electron chi connectivity index (χ3n) is 3.72. The minimum absolute atomic E-state index is 0.537. The fourth-order valence-corrected chi connectivity index (χ4v) is 2.62. The highest BCUT2D eigenvalue weighted by atomic mass is 15.4. The molecule has 2 aromatic rings. The fourth-order valence-electron chi connectivity index (χ4n) is 2.62. The molecule has 0 amide bonds. The molecule has 1 unspecified atom stereocenters. The molecule has 1 atom stereocenters. The number of aryl methyl sites for hydroxylation is 1. The lowest BCUT2D eigenvalue weighted by Gasteiger charge is -2.24. The summed E-state index contributed by atoms with van der Waals surface area (Å²) in [5, 5.41) is 7.67. The molecule has 1 fully saturated rings. The van der Waals surface area contributed by atoms with Crippen molar-refractivity contribution in [2.24, 2.45) is 0 Å². The fraction of sp³-hybridized carbons (Fsp3) is 0.615. The molecule has 2 aromatic heterocycles. The third-order valence-corrected chi connectivity index (χ3v) is 3.72. The van der Waals surface area contributed by atoms with Gasteiger partial charge in [-0.15, -0.1) is 0 Å². The summed E-state index contributed by atoms with van der Waals surface area (Å²) in [6.07, 6.45) is 4.19. The van der Waals surface area contributed by atoms with Gasteiger partial charge < -0.3 is 5.32 Å². The van der Waals surface area contributed by atoms with Crippen LogP contribution < -0.4 is 5.32 Å². The smallest absolute Gasteiger partial charge is 0.254 e. The molecular formula is C13H20N6. The molecule has 0 saturated carbocycles. The first-order valence-electron chi connectivity index (χ1n) is 6.89.